The molecule has 0 bridgehead atoms. The van der Waals surface area contributed by atoms with Crippen LogP contribution in [0, 0.1) is 12.8 Å². The van der Waals surface area contributed by atoms with Gasteiger partial charge in [0.05, 0.1) is 5.01 Å². The fourth-order valence-electron chi connectivity index (χ4n) is 1.55. The van der Waals surface area contributed by atoms with Gasteiger partial charge in [-0.3, -0.25) is 4.79 Å². The Balaban J connectivity index is 2.01. The molecule has 1 unspecified atom stereocenters. The van der Waals surface area contributed by atoms with Gasteiger partial charge in [0.25, 0.3) is 0 Å². The van der Waals surface area contributed by atoms with Gasteiger partial charge in [-0.25, -0.2) is 4.98 Å². The quantitative estimate of drug-likeness (QED) is 0.770. The number of carbonyl (C=O) groups is 1. The minimum absolute atomic E-state index is 0.158. The predicted molar refractivity (Wildman–Crippen MR) is 51.7 cm³/mol. The minimum Gasteiger partial charge on any atom is -0.356 e. The number of thiazole rings is 1. The molecule has 0 spiro atoms. The van der Waals surface area contributed by atoms with E-state index in [4.69, 9.17) is 0 Å². The van der Waals surface area contributed by atoms with E-state index in [1.165, 1.54) is 0 Å². The highest BCUT2D eigenvalue weighted by molar-refractivity contribution is 7.09. The Labute approximate surface area is 81.2 Å². The van der Waals surface area contributed by atoms with Gasteiger partial charge in [-0.15, -0.1) is 11.3 Å². The molecule has 1 aliphatic rings. The highest BCUT2D eigenvalue weighted by Gasteiger charge is 2.24. The third-order valence-electron chi connectivity index (χ3n) is 2.25. The van der Waals surface area contributed by atoms with Crippen molar-refractivity contribution in [2.75, 3.05) is 6.54 Å². The van der Waals surface area contributed by atoms with Crippen LogP contribution < -0.4 is 5.32 Å². The van der Waals surface area contributed by atoms with Crippen molar-refractivity contribution in [2.24, 2.45) is 5.92 Å². The molecule has 2 heterocycles. The molecule has 1 amide bonds. The second-order valence-electron chi connectivity index (χ2n) is 3.36. The first-order valence-electron chi connectivity index (χ1n) is 4.44. The average Bonchev–Trinajstić information content (AvgIpc) is 2.64. The summed E-state index contributed by atoms with van der Waals surface area (Å²) in [6.07, 6.45) is 1.77. The number of aryl methyl sites for hydroxylation is 1. The normalized spacial score (nSPS) is 21.9. The number of nitrogens with one attached hydrogen (secondary N) is 1. The van der Waals surface area contributed by atoms with Crippen LogP contribution in [0.4, 0.5) is 0 Å². The van der Waals surface area contributed by atoms with E-state index in [1.54, 1.807) is 11.3 Å². The van der Waals surface area contributed by atoms with Crippen molar-refractivity contribution in [1.82, 2.24) is 10.3 Å². The van der Waals surface area contributed by atoms with E-state index in [2.05, 4.69) is 10.3 Å². The molecule has 13 heavy (non-hydrogen) atoms. The van der Waals surface area contributed by atoms with Gasteiger partial charge >= 0.3 is 0 Å². The van der Waals surface area contributed by atoms with Gasteiger partial charge in [-0.2, -0.15) is 0 Å². The molecule has 0 radical (unpaired) electrons. The first-order valence-corrected chi connectivity index (χ1v) is 5.32. The van der Waals surface area contributed by atoms with Crippen LogP contribution in [0.3, 0.4) is 0 Å². The van der Waals surface area contributed by atoms with E-state index >= 15 is 0 Å². The number of nitrogens with zero attached hydrogens (tertiary/aromatic N) is 1. The largest absolute Gasteiger partial charge is 0.356 e. The number of hydrogen-bond acceptors (Lipinski definition) is 3. The molecule has 1 aromatic heterocycles. The van der Waals surface area contributed by atoms with Crippen LogP contribution >= 0.6 is 11.3 Å². The molecule has 1 aliphatic heterocycles. The first kappa shape index (κ1) is 8.69. The second-order valence-corrected chi connectivity index (χ2v) is 4.31. The van der Waals surface area contributed by atoms with E-state index in [1.807, 2.05) is 12.3 Å². The summed E-state index contributed by atoms with van der Waals surface area (Å²) in [6, 6.07) is 0. The second kappa shape index (κ2) is 3.46. The lowest BCUT2D eigenvalue weighted by molar-refractivity contribution is -0.122. The number of aromatic nitrogens is 1. The molecule has 70 valence electrons. The molecule has 2 rings (SSSR count). The summed E-state index contributed by atoms with van der Waals surface area (Å²) in [7, 11) is 0. The van der Waals surface area contributed by atoms with E-state index in [0.717, 1.165) is 30.1 Å². The molecular formula is C9H12N2OS. The molecular weight excluding hydrogens is 184 g/mol. The fraction of sp³-hybridized carbons (Fsp3) is 0.556. The number of hydrogen-bond donors (Lipinski definition) is 1. The lowest BCUT2D eigenvalue weighted by Gasteiger charge is -2.01. The zero-order valence-corrected chi connectivity index (χ0v) is 8.36. The van der Waals surface area contributed by atoms with Crippen molar-refractivity contribution in [3.05, 3.63) is 16.1 Å². The van der Waals surface area contributed by atoms with Crippen molar-refractivity contribution in [3.63, 3.8) is 0 Å². The Morgan fingerprint density at radius 1 is 1.77 bits per heavy atom. The zero-order valence-electron chi connectivity index (χ0n) is 7.54. The van der Waals surface area contributed by atoms with Gasteiger partial charge in [-0.05, 0) is 13.3 Å². The van der Waals surface area contributed by atoms with Crippen molar-refractivity contribution < 1.29 is 4.79 Å². The summed E-state index contributed by atoms with van der Waals surface area (Å²) < 4.78 is 0. The number of carbonyl (C=O) groups excluding carboxylic acids is 1. The molecule has 3 nitrogen and oxygen atoms in total. The Kier molecular flexibility index (Phi) is 2.31. The standard InChI is InChI=1S/C9H12N2OS/c1-6-5-13-8(11-6)4-7-2-3-10-9(7)12/h5,7H,2-4H2,1H3,(H,10,12). The molecule has 0 saturated carbocycles. The Morgan fingerprint density at radius 3 is 3.15 bits per heavy atom. The molecule has 0 aromatic carbocycles. The van der Waals surface area contributed by atoms with Gasteiger partial charge in [0.2, 0.25) is 5.91 Å². The molecule has 1 atom stereocenters. The third-order valence-corrected chi connectivity index (χ3v) is 3.24. The highest BCUT2D eigenvalue weighted by atomic mass is 32.1. The van der Waals surface area contributed by atoms with Crippen LogP contribution in [0.1, 0.15) is 17.1 Å². The number of rotatable bonds is 2. The summed E-state index contributed by atoms with van der Waals surface area (Å²) >= 11 is 1.65. The molecule has 0 aliphatic carbocycles. The molecule has 4 heteroatoms. The van der Waals surface area contributed by atoms with Crippen molar-refractivity contribution in [2.45, 2.75) is 19.8 Å². The maximum atomic E-state index is 11.3. The maximum absolute atomic E-state index is 11.3. The molecule has 1 saturated heterocycles. The van der Waals surface area contributed by atoms with Gasteiger partial charge < -0.3 is 5.32 Å². The topological polar surface area (TPSA) is 42.0 Å². The smallest absolute Gasteiger partial charge is 0.223 e. The first-order chi connectivity index (χ1) is 6.25. The maximum Gasteiger partial charge on any atom is 0.223 e. The van der Waals surface area contributed by atoms with Crippen LogP contribution in [0.15, 0.2) is 5.38 Å². The van der Waals surface area contributed by atoms with Crippen LogP contribution in [0.2, 0.25) is 0 Å². The van der Waals surface area contributed by atoms with E-state index in [-0.39, 0.29) is 11.8 Å². The summed E-state index contributed by atoms with van der Waals surface area (Å²) in [5.41, 5.74) is 1.05. The average molecular weight is 196 g/mol. The van der Waals surface area contributed by atoms with E-state index in [0.29, 0.717) is 0 Å². The summed E-state index contributed by atoms with van der Waals surface area (Å²) in [4.78, 5) is 15.6. The van der Waals surface area contributed by atoms with Gasteiger partial charge in [0.1, 0.15) is 0 Å². The van der Waals surface area contributed by atoms with Crippen molar-refractivity contribution in [3.8, 4) is 0 Å². The Morgan fingerprint density at radius 2 is 2.62 bits per heavy atom. The predicted octanol–water partition coefficient (Wildman–Crippen LogP) is 1.13. The highest BCUT2D eigenvalue weighted by Crippen LogP contribution is 2.18. The van der Waals surface area contributed by atoms with Gasteiger partial charge in [0, 0.05) is 30.0 Å². The Hall–Kier alpha value is -0.900. The third kappa shape index (κ3) is 1.88. The van der Waals surface area contributed by atoms with Crippen molar-refractivity contribution >= 4 is 17.2 Å². The molecule has 1 fully saturated rings. The fourth-order valence-corrected chi connectivity index (χ4v) is 2.40. The minimum atomic E-state index is 0.158. The zero-order chi connectivity index (χ0) is 9.26. The SMILES string of the molecule is Cc1csc(CC2CCNC2=O)n1. The van der Waals surface area contributed by atoms with Crippen molar-refractivity contribution in [1.29, 1.82) is 0 Å². The summed E-state index contributed by atoms with van der Waals surface area (Å²) in [5, 5.41) is 5.95. The van der Waals surface area contributed by atoms with Crippen LogP contribution in [0.5, 0.6) is 0 Å². The lowest BCUT2D eigenvalue weighted by atomic mass is 10.1. The Bertz CT molecular complexity index is 321. The summed E-state index contributed by atoms with van der Waals surface area (Å²) in [5.74, 6) is 0.346. The molecule has 1 aromatic rings. The summed E-state index contributed by atoms with van der Waals surface area (Å²) in [6.45, 7) is 2.81. The van der Waals surface area contributed by atoms with Gasteiger partial charge in [-0.1, -0.05) is 0 Å². The lowest BCUT2D eigenvalue weighted by Crippen LogP contribution is -2.20. The van der Waals surface area contributed by atoms with E-state index in [9.17, 15) is 4.79 Å². The molecule has 1 N–H and O–H groups in total. The van der Waals surface area contributed by atoms with Crippen LogP contribution in [-0.4, -0.2) is 17.4 Å². The number of amides is 1. The van der Waals surface area contributed by atoms with E-state index < -0.39 is 0 Å². The van der Waals surface area contributed by atoms with Gasteiger partial charge in [0.15, 0.2) is 0 Å². The van der Waals surface area contributed by atoms with Crippen LogP contribution in [-0.2, 0) is 11.2 Å². The van der Waals surface area contributed by atoms with Crippen LogP contribution in [0.25, 0.3) is 0 Å². The monoisotopic (exact) mass is 196 g/mol.